The highest BCUT2D eigenvalue weighted by atomic mass is 16.8. The second-order valence-electron chi connectivity index (χ2n) is 17.7. The van der Waals surface area contributed by atoms with Crippen molar-refractivity contribution in [2.24, 2.45) is 5.92 Å². The van der Waals surface area contributed by atoms with Crippen LogP contribution in [0.15, 0.2) is 0 Å². The standard InChI is InChI=1S/C46H68O28/c1-15-45(43(53)59-13)19(2)28(55-9)34(57-11)41(73-45)70-30-27(17-62-21(4)48)69-40(37(67-25(8)52)32(30)65-23(6)50)72-38-33(56-10)35-42(74-46(38,18-63-35)44(54)60-14)71-29-26(16-61-20(3)47)68-39(58-12)36(66-24(7)51)31(29)64-22(5)49/h19,26-42H,15-18H2,1-14H3/t19-,26?,27?,28-,29+,30+,31-,32-,33?,34?,35+,36?,37?,38-,39-,40-,41+,42+,45?,46?/m0/s1. The molecule has 420 valence electrons. The van der Waals surface area contributed by atoms with Crippen LogP contribution < -0.4 is 0 Å². The normalized spacial score (nSPS) is 38.6. The quantitative estimate of drug-likeness (QED) is 0.0995. The molecular formula is C46H68O28. The Kier molecular flexibility index (Phi) is 21.0. The Balaban J connectivity index is 1.60. The third-order valence-corrected chi connectivity index (χ3v) is 13.1. The number of ether oxygens (including phenoxy) is 20. The first-order valence-electron chi connectivity index (χ1n) is 23.5. The van der Waals surface area contributed by atoms with Gasteiger partial charge in [-0.05, 0) is 6.42 Å². The van der Waals surface area contributed by atoms with Crippen LogP contribution in [0.3, 0.4) is 0 Å². The summed E-state index contributed by atoms with van der Waals surface area (Å²) >= 11 is 0. The third kappa shape index (κ3) is 12.7. The van der Waals surface area contributed by atoms with Gasteiger partial charge in [0.15, 0.2) is 55.2 Å². The van der Waals surface area contributed by atoms with Crippen LogP contribution >= 0.6 is 0 Å². The van der Waals surface area contributed by atoms with Gasteiger partial charge in [-0.15, -0.1) is 0 Å². The second kappa shape index (κ2) is 25.9. The Labute approximate surface area is 426 Å². The molecule has 0 saturated carbocycles. The molecule has 20 atom stereocenters. The van der Waals surface area contributed by atoms with Crippen molar-refractivity contribution in [2.75, 3.05) is 62.5 Å². The van der Waals surface area contributed by atoms with Crippen LogP contribution in [0, 0.1) is 5.92 Å². The number of rotatable bonds is 21. The molecule has 0 spiro atoms. The molecule has 6 heterocycles. The molecule has 2 bridgehead atoms. The van der Waals surface area contributed by atoms with Crippen LogP contribution in [0.25, 0.3) is 0 Å². The topological polar surface area (TPSA) is 321 Å². The monoisotopic (exact) mass is 1070 g/mol. The maximum Gasteiger partial charge on any atom is 0.343 e. The molecule has 0 radical (unpaired) electrons. The zero-order chi connectivity index (χ0) is 55.0. The Morgan fingerprint density at radius 1 is 0.473 bits per heavy atom. The summed E-state index contributed by atoms with van der Waals surface area (Å²) in [5.74, 6) is -7.72. The highest BCUT2D eigenvalue weighted by Gasteiger charge is 2.69. The molecule has 0 N–H and O–H groups in total. The van der Waals surface area contributed by atoms with E-state index in [1.165, 1.54) is 35.5 Å². The van der Waals surface area contributed by atoms with E-state index in [9.17, 15) is 38.4 Å². The first-order valence-corrected chi connectivity index (χ1v) is 23.5. The van der Waals surface area contributed by atoms with E-state index in [-0.39, 0.29) is 6.42 Å². The van der Waals surface area contributed by atoms with Crippen LogP contribution in [0.5, 0.6) is 0 Å². The van der Waals surface area contributed by atoms with Crippen molar-refractivity contribution in [1.82, 2.24) is 0 Å². The molecule has 0 aromatic heterocycles. The number of hydrogen-bond acceptors (Lipinski definition) is 28. The molecule has 0 aromatic carbocycles. The number of hydrogen-bond donors (Lipinski definition) is 0. The number of methoxy groups -OCH3 is 6. The summed E-state index contributed by atoms with van der Waals surface area (Å²) < 4.78 is 118. The number of esters is 8. The molecule has 0 amide bonds. The summed E-state index contributed by atoms with van der Waals surface area (Å²) in [6.07, 6.45) is -25.7. The summed E-state index contributed by atoms with van der Waals surface area (Å²) in [5, 5.41) is 0. The fraction of sp³-hybridized carbons (Fsp3) is 0.826. The molecule has 8 unspecified atom stereocenters. The van der Waals surface area contributed by atoms with Gasteiger partial charge in [0.2, 0.25) is 5.60 Å². The van der Waals surface area contributed by atoms with E-state index < -0.39 is 189 Å². The Morgan fingerprint density at radius 3 is 1.36 bits per heavy atom. The van der Waals surface area contributed by atoms with Gasteiger partial charge in [-0.1, -0.05) is 13.8 Å². The maximum absolute atomic E-state index is 14.3. The van der Waals surface area contributed by atoms with E-state index in [4.69, 9.17) is 94.7 Å². The number of carbonyl (C=O) groups excluding carboxylic acids is 8. The van der Waals surface area contributed by atoms with E-state index in [2.05, 4.69) is 0 Å². The summed E-state index contributed by atoms with van der Waals surface area (Å²) in [6, 6.07) is 0. The van der Waals surface area contributed by atoms with Crippen molar-refractivity contribution in [3.8, 4) is 0 Å². The van der Waals surface area contributed by atoms with Crippen LogP contribution in [-0.2, 0) is 133 Å². The van der Waals surface area contributed by atoms with Crippen molar-refractivity contribution in [3.05, 3.63) is 0 Å². The van der Waals surface area contributed by atoms with Gasteiger partial charge in [-0.2, -0.15) is 0 Å². The molecule has 6 rings (SSSR count). The van der Waals surface area contributed by atoms with E-state index >= 15 is 0 Å². The lowest BCUT2D eigenvalue weighted by Crippen LogP contribution is -2.78. The van der Waals surface area contributed by atoms with Crippen LogP contribution in [0.2, 0.25) is 0 Å². The minimum Gasteiger partial charge on any atom is -0.467 e. The highest BCUT2D eigenvalue weighted by Crippen LogP contribution is 2.46. The van der Waals surface area contributed by atoms with Gasteiger partial charge in [0.25, 0.3) is 0 Å². The number of fused-ring (bicyclic) bond motifs is 3. The molecule has 28 heteroatoms. The van der Waals surface area contributed by atoms with Crippen LogP contribution in [0.1, 0.15) is 61.8 Å². The van der Waals surface area contributed by atoms with Crippen molar-refractivity contribution >= 4 is 47.8 Å². The molecule has 6 aliphatic rings. The van der Waals surface area contributed by atoms with Crippen molar-refractivity contribution in [2.45, 2.75) is 178 Å². The maximum atomic E-state index is 14.3. The summed E-state index contributed by atoms with van der Waals surface area (Å²) in [7, 11) is 7.38. The second-order valence-corrected chi connectivity index (χ2v) is 17.7. The lowest BCUT2D eigenvalue weighted by Gasteiger charge is -2.57. The zero-order valence-electron chi connectivity index (χ0n) is 43.7. The van der Waals surface area contributed by atoms with E-state index in [1.54, 1.807) is 13.8 Å². The molecule has 0 aromatic rings. The highest BCUT2D eigenvalue weighted by molar-refractivity contribution is 5.81. The average Bonchev–Trinajstić information content (AvgIpc) is 3.34. The SMILES string of the molecule is CCC1(C(=O)OC)O[C@@H](O[C@@H]2C(COC(C)=O)O[C@@H](O[C@H]3C(OC)[C@H]4OCC3(C(=O)OC)O[C@H]4O[C@@H]3C(COC(C)=O)O[C@H](OC)C(OC(C)=O)[C@H]3OC(C)=O)C(OC(C)=O)[C@H]2OC(C)=O)C(OC)[C@@H](OC)[C@@H]1C. The fourth-order valence-electron chi connectivity index (χ4n) is 9.91. The van der Waals surface area contributed by atoms with Gasteiger partial charge >= 0.3 is 47.8 Å². The minimum absolute atomic E-state index is 0.0518. The van der Waals surface area contributed by atoms with Gasteiger partial charge in [-0.3, -0.25) is 28.8 Å². The first-order chi connectivity index (χ1) is 35.0. The van der Waals surface area contributed by atoms with Crippen LogP contribution in [-0.4, -0.2) is 226 Å². The summed E-state index contributed by atoms with van der Waals surface area (Å²) in [6.45, 7) is 8.06. The van der Waals surface area contributed by atoms with Crippen molar-refractivity contribution in [3.63, 3.8) is 0 Å². The third-order valence-electron chi connectivity index (χ3n) is 13.1. The predicted octanol–water partition coefficient (Wildman–Crippen LogP) is -0.883. The van der Waals surface area contributed by atoms with E-state index in [1.807, 2.05) is 0 Å². The van der Waals surface area contributed by atoms with Crippen LogP contribution in [0.4, 0.5) is 0 Å². The zero-order valence-corrected chi connectivity index (χ0v) is 43.7. The molecule has 74 heavy (non-hydrogen) atoms. The van der Waals surface area contributed by atoms with Gasteiger partial charge in [-0.25, -0.2) is 9.59 Å². The Hall–Kier alpha value is -4.72. The van der Waals surface area contributed by atoms with E-state index in [0.717, 1.165) is 48.7 Å². The van der Waals surface area contributed by atoms with Gasteiger partial charge in [0, 0.05) is 75.9 Å². The van der Waals surface area contributed by atoms with Crippen molar-refractivity contribution in [1.29, 1.82) is 0 Å². The summed E-state index contributed by atoms with van der Waals surface area (Å²) in [4.78, 5) is 104. The van der Waals surface area contributed by atoms with Gasteiger partial charge < -0.3 is 94.7 Å². The smallest absolute Gasteiger partial charge is 0.343 e. The largest absolute Gasteiger partial charge is 0.467 e. The first kappa shape index (κ1) is 60.1. The molecular weight excluding hydrogens is 1000 g/mol. The minimum atomic E-state index is -2.40. The lowest BCUT2D eigenvalue weighted by molar-refractivity contribution is -0.429. The number of carbonyl (C=O) groups is 8. The lowest BCUT2D eigenvalue weighted by atomic mass is 9.77. The average molecular weight is 1070 g/mol. The molecule has 6 aliphatic heterocycles. The Bertz CT molecular complexity index is 2000. The molecule has 6 saturated heterocycles. The predicted molar refractivity (Wildman–Crippen MR) is 235 cm³/mol. The van der Waals surface area contributed by atoms with Gasteiger partial charge in [0.05, 0.1) is 26.9 Å². The molecule has 0 aliphatic carbocycles. The fourth-order valence-corrected chi connectivity index (χ4v) is 9.91. The Morgan fingerprint density at radius 2 is 0.932 bits per heavy atom. The molecule has 28 nitrogen and oxygen atoms in total. The van der Waals surface area contributed by atoms with E-state index in [0.29, 0.717) is 0 Å². The van der Waals surface area contributed by atoms with Crippen molar-refractivity contribution < 1.29 is 133 Å². The summed E-state index contributed by atoms with van der Waals surface area (Å²) in [5.41, 5.74) is -4.10. The molecule has 6 fully saturated rings. The van der Waals surface area contributed by atoms with Gasteiger partial charge in [0.1, 0.15) is 62.0 Å².